The van der Waals surface area contributed by atoms with E-state index in [1.807, 2.05) is 0 Å². The molecule has 0 aliphatic carbocycles. The fraction of sp³-hybridized carbons (Fsp3) is 0.882. The molecule has 23 heavy (non-hydrogen) atoms. The lowest BCUT2D eigenvalue weighted by Gasteiger charge is -2.35. The first-order valence-electron chi connectivity index (χ1n) is 8.78. The molecule has 0 bridgehead atoms. The second-order valence-electron chi connectivity index (χ2n) is 8.01. The van der Waals surface area contributed by atoms with Crippen LogP contribution in [0.15, 0.2) is 0 Å². The lowest BCUT2D eigenvalue weighted by atomic mass is 9.88. The molecule has 0 atom stereocenters. The summed E-state index contributed by atoms with van der Waals surface area (Å²) in [5.41, 5.74) is -0.662. The van der Waals surface area contributed by atoms with Crippen LogP contribution >= 0.6 is 0 Å². The Morgan fingerprint density at radius 3 is 2.09 bits per heavy atom. The van der Waals surface area contributed by atoms with Crippen molar-refractivity contribution in [3.05, 3.63) is 0 Å². The zero-order valence-electron chi connectivity index (χ0n) is 15.3. The molecule has 2 rings (SSSR count). The molecule has 0 aromatic carbocycles. The Bertz CT molecular complexity index is 432. The van der Waals surface area contributed by atoms with E-state index in [1.54, 1.807) is 0 Å². The molecule has 0 aromatic heterocycles. The second-order valence-corrected chi connectivity index (χ2v) is 8.01. The van der Waals surface area contributed by atoms with Crippen LogP contribution in [0.1, 0.15) is 40.5 Å². The monoisotopic (exact) mass is 324 g/mol. The maximum absolute atomic E-state index is 12.9. The SMILES string of the molecule is CC(C)CN(CC(C)C)CN1C(=O)NC2(CCN(C)CC2)C1=O. The second kappa shape index (κ2) is 7.18. The highest BCUT2D eigenvalue weighted by Gasteiger charge is 2.52. The zero-order valence-corrected chi connectivity index (χ0v) is 15.3. The smallest absolute Gasteiger partial charge is 0.323 e. The zero-order chi connectivity index (χ0) is 17.2. The van der Waals surface area contributed by atoms with Crippen molar-refractivity contribution in [2.24, 2.45) is 11.8 Å². The Morgan fingerprint density at radius 1 is 1.09 bits per heavy atom. The van der Waals surface area contributed by atoms with Crippen LogP contribution in [0, 0.1) is 11.8 Å². The number of imide groups is 1. The molecule has 0 unspecified atom stereocenters. The summed E-state index contributed by atoms with van der Waals surface area (Å²) in [6, 6.07) is -0.225. The third-order valence-corrected chi connectivity index (χ3v) is 4.67. The third kappa shape index (κ3) is 4.23. The number of piperidine rings is 1. The fourth-order valence-corrected chi connectivity index (χ4v) is 3.57. The normalized spacial score (nSPS) is 22.0. The van der Waals surface area contributed by atoms with E-state index in [9.17, 15) is 9.59 Å². The first kappa shape index (κ1) is 18.2. The molecule has 6 heteroatoms. The van der Waals surface area contributed by atoms with Gasteiger partial charge in [-0.2, -0.15) is 0 Å². The molecule has 0 aromatic rings. The molecule has 0 saturated carbocycles. The third-order valence-electron chi connectivity index (χ3n) is 4.67. The molecule has 2 aliphatic heterocycles. The van der Waals surface area contributed by atoms with Gasteiger partial charge in [0.05, 0.1) is 6.67 Å². The van der Waals surface area contributed by atoms with E-state index < -0.39 is 5.54 Å². The number of amides is 3. The molecule has 2 saturated heterocycles. The van der Waals surface area contributed by atoms with E-state index >= 15 is 0 Å². The number of hydrogen-bond acceptors (Lipinski definition) is 4. The minimum atomic E-state index is -0.662. The molecular formula is C17H32N4O2. The van der Waals surface area contributed by atoms with E-state index in [-0.39, 0.29) is 11.9 Å². The van der Waals surface area contributed by atoms with Crippen LogP contribution in [0.25, 0.3) is 0 Å². The van der Waals surface area contributed by atoms with Crippen molar-refractivity contribution >= 4 is 11.9 Å². The lowest BCUT2D eigenvalue weighted by Crippen LogP contribution is -2.54. The molecule has 2 aliphatic rings. The van der Waals surface area contributed by atoms with Gasteiger partial charge in [0, 0.05) is 26.2 Å². The van der Waals surface area contributed by atoms with Crippen LogP contribution in [-0.2, 0) is 4.79 Å². The quantitative estimate of drug-likeness (QED) is 0.754. The van der Waals surface area contributed by atoms with Crippen molar-refractivity contribution in [2.75, 3.05) is 39.9 Å². The van der Waals surface area contributed by atoms with Crippen molar-refractivity contribution in [1.29, 1.82) is 0 Å². The number of urea groups is 1. The summed E-state index contributed by atoms with van der Waals surface area (Å²) in [7, 11) is 2.05. The Kier molecular flexibility index (Phi) is 5.68. The Hall–Kier alpha value is -1.14. The van der Waals surface area contributed by atoms with E-state index in [4.69, 9.17) is 0 Å². The summed E-state index contributed by atoms with van der Waals surface area (Å²) in [4.78, 5) is 31.2. The molecule has 6 nitrogen and oxygen atoms in total. The predicted molar refractivity (Wildman–Crippen MR) is 91.0 cm³/mol. The number of carbonyl (C=O) groups is 2. The van der Waals surface area contributed by atoms with Crippen molar-refractivity contribution in [1.82, 2.24) is 20.0 Å². The Labute approximate surface area is 140 Å². The van der Waals surface area contributed by atoms with Crippen molar-refractivity contribution in [3.8, 4) is 0 Å². The number of likely N-dealkylation sites (tertiary alicyclic amines) is 1. The highest BCUT2D eigenvalue weighted by atomic mass is 16.2. The summed E-state index contributed by atoms with van der Waals surface area (Å²) in [5, 5.41) is 2.99. The number of hydrogen-bond donors (Lipinski definition) is 1. The first-order chi connectivity index (χ1) is 10.7. The summed E-state index contributed by atoms with van der Waals surface area (Å²) >= 11 is 0. The molecule has 1 N–H and O–H groups in total. The van der Waals surface area contributed by atoms with Gasteiger partial charge in [-0.15, -0.1) is 0 Å². The van der Waals surface area contributed by atoms with Crippen LogP contribution < -0.4 is 5.32 Å². The lowest BCUT2D eigenvalue weighted by molar-refractivity contribution is -0.134. The van der Waals surface area contributed by atoms with Gasteiger partial charge in [-0.05, 0) is 31.7 Å². The number of carbonyl (C=O) groups excluding carboxylic acids is 2. The standard InChI is InChI=1S/C17H32N4O2/c1-13(2)10-20(11-14(3)4)12-21-15(22)17(18-16(21)23)6-8-19(5)9-7-17/h13-14H,6-12H2,1-5H3,(H,18,23). The van der Waals surface area contributed by atoms with Crippen molar-refractivity contribution in [3.63, 3.8) is 0 Å². The van der Waals surface area contributed by atoms with Gasteiger partial charge in [-0.1, -0.05) is 27.7 Å². The highest BCUT2D eigenvalue weighted by Crippen LogP contribution is 2.29. The molecule has 1 spiro atoms. The summed E-state index contributed by atoms with van der Waals surface area (Å²) in [5.74, 6) is 0.978. The van der Waals surface area contributed by atoms with Crippen molar-refractivity contribution < 1.29 is 9.59 Å². The molecule has 2 heterocycles. The van der Waals surface area contributed by atoms with Crippen LogP contribution in [0.3, 0.4) is 0 Å². The predicted octanol–water partition coefficient (Wildman–Crippen LogP) is 1.57. The average Bonchev–Trinajstić information content (AvgIpc) is 2.66. The van der Waals surface area contributed by atoms with Gasteiger partial charge < -0.3 is 10.2 Å². The van der Waals surface area contributed by atoms with Gasteiger partial charge in [-0.25, -0.2) is 9.69 Å². The van der Waals surface area contributed by atoms with E-state index in [0.29, 0.717) is 31.3 Å². The number of nitrogens with zero attached hydrogens (tertiary/aromatic N) is 3. The summed E-state index contributed by atoms with van der Waals surface area (Å²) in [6.45, 7) is 12.5. The number of rotatable bonds is 6. The Morgan fingerprint density at radius 2 is 1.61 bits per heavy atom. The maximum atomic E-state index is 12.9. The van der Waals surface area contributed by atoms with E-state index in [1.165, 1.54) is 4.90 Å². The molecular weight excluding hydrogens is 292 g/mol. The molecule has 132 valence electrons. The van der Waals surface area contributed by atoms with Crippen LogP contribution in [0.4, 0.5) is 4.79 Å². The van der Waals surface area contributed by atoms with Crippen LogP contribution in [0.2, 0.25) is 0 Å². The van der Waals surface area contributed by atoms with Gasteiger partial charge in [-0.3, -0.25) is 9.69 Å². The minimum absolute atomic E-state index is 0.0342. The Balaban J connectivity index is 2.06. The summed E-state index contributed by atoms with van der Waals surface area (Å²) < 4.78 is 0. The topological polar surface area (TPSA) is 55.9 Å². The van der Waals surface area contributed by atoms with Crippen LogP contribution in [-0.4, -0.2) is 72.1 Å². The van der Waals surface area contributed by atoms with Crippen LogP contribution in [0.5, 0.6) is 0 Å². The van der Waals surface area contributed by atoms with E-state index in [0.717, 1.165) is 26.2 Å². The highest BCUT2D eigenvalue weighted by molar-refractivity contribution is 6.07. The van der Waals surface area contributed by atoms with Crippen molar-refractivity contribution in [2.45, 2.75) is 46.1 Å². The summed E-state index contributed by atoms with van der Waals surface area (Å²) in [6.07, 6.45) is 1.41. The molecule has 0 radical (unpaired) electrons. The van der Waals surface area contributed by atoms with Gasteiger partial charge in [0.15, 0.2) is 0 Å². The average molecular weight is 324 g/mol. The largest absolute Gasteiger partial charge is 0.326 e. The van der Waals surface area contributed by atoms with Gasteiger partial charge in [0.25, 0.3) is 5.91 Å². The molecule has 3 amide bonds. The van der Waals surface area contributed by atoms with Gasteiger partial charge >= 0.3 is 6.03 Å². The van der Waals surface area contributed by atoms with Gasteiger partial charge in [0.1, 0.15) is 5.54 Å². The first-order valence-corrected chi connectivity index (χ1v) is 8.78. The fourth-order valence-electron chi connectivity index (χ4n) is 3.57. The van der Waals surface area contributed by atoms with E-state index in [2.05, 4.69) is 49.9 Å². The maximum Gasteiger partial charge on any atom is 0.326 e. The minimum Gasteiger partial charge on any atom is -0.323 e. The molecule has 2 fully saturated rings. The van der Waals surface area contributed by atoms with Gasteiger partial charge in [0.2, 0.25) is 0 Å². The number of nitrogens with one attached hydrogen (secondary N) is 1.